The maximum Gasteiger partial charge on any atom is 0.125 e. The Hall–Kier alpha value is -1.84. The molecule has 4 nitrogen and oxygen atoms in total. The minimum absolute atomic E-state index is 0.694. The third-order valence-electron chi connectivity index (χ3n) is 2.04. The van der Waals surface area contributed by atoms with Crippen molar-refractivity contribution in [3.05, 3.63) is 42.2 Å². The zero-order valence-corrected chi connectivity index (χ0v) is 7.99. The molecule has 2 rings (SSSR count). The van der Waals surface area contributed by atoms with E-state index in [0.717, 1.165) is 11.5 Å². The summed E-state index contributed by atoms with van der Waals surface area (Å²) >= 11 is 0. The second-order valence-electron chi connectivity index (χ2n) is 3.08. The zero-order valence-electron chi connectivity index (χ0n) is 7.99. The Morgan fingerprint density at radius 2 is 2.36 bits per heavy atom. The van der Waals surface area contributed by atoms with Crippen LogP contribution in [0.25, 0.3) is 0 Å². The molecule has 0 aliphatic heterocycles. The molecule has 2 N–H and O–H groups in total. The number of hydrogen-bond acceptors (Lipinski definition) is 3. The van der Waals surface area contributed by atoms with Crippen molar-refractivity contribution in [3.8, 4) is 0 Å². The maximum atomic E-state index is 4.12. The second-order valence-corrected chi connectivity index (χ2v) is 3.08. The van der Waals surface area contributed by atoms with Crippen LogP contribution in [-0.2, 0) is 6.54 Å². The number of aryl methyl sites for hydroxylation is 1. The summed E-state index contributed by atoms with van der Waals surface area (Å²) in [6, 6.07) is 1.98. The Kier molecular flexibility index (Phi) is 2.44. The minimum atomic E-state index is 0.694. The molecule has 0 atom stereocenters. The molecule has 0 bridgehead atoms. The van der Waals surface area contributed by atoms with Crippen LogP contribution in [0.2, 0.25) is 0 Å². The number of hydrogen-bond donors (Lipinski definition) is 2. The summed E-state index contributed by atoms with van der Waals surface area (Å²) in [5, 5.41) is 3.26. The van der Waals surface area contributed by atoms with Crippen LogP contribution >= 0.6 is 0 Å². The van der Waals surface area contributed by atoms with Gasteiger partial charge in [0, 0.05) is 18.6 Å². The van der Waals surface area contributed by atoms with Crippen molar-refractivity contribution in [2.24, 2.45) is 0 Å². The number of nitrogens with zero attached hydrogens (tertiary/aromatic N) is 2. The van der Waals surface area contributed by atoms with Crippen LogP contribution in [-0.4, -0.2) is 15.0 Å². The summed E-state index contributed by atoms with van der Waals surface area (Å²) in [5.41, 5.74) is 2.23. The van der Waals surface area contributed by atoms with Crippen molar-refractivity contribution in [1.29, 1.82) is 0 Å². The number of nitrogens with one attached hydrogen (secondary N) is 2. The SMILES string of the molecule is Cc1ccncc1NCc1ncc[nH]1. The highest BCUT2D eigenvalue weighted by Gasteiger charge is 1.97. The van der Waals surface area contributed by atoms with E-state index < -0.39 is 0 Å². The van der Waals surface area contributed by atoms with Gasteiger partial charge in [0.15, 0.2) is 0 Å². The van der Waals surface area contributed by atoms with Crippen molar-refractivity contribution in [2.45, 2.75) is 13.5 Å². The molecule has 2 aromatic rings. The fourth-order valence-electron chi connectivity index (χ4n) is 1.22. The first-order valence-electron chi connectivity index (χ1n) is 4.49. The van der Waals surface area contributed by atoms with E-state index in [-0.39, 0.29) is 0 Å². The van der Waals surface area contributed by atoms with E-state index in [1.807, 2.05) is 25.4 Å². The monoisotopic (exact) mass is 188 g/mol. The van der Waals surface area contributed by atoms with Crippen LogP contribution < -0.4 is 5.32 Å². The van der Waals surface area contributed by atoms with Gasteiger partial charge in [0.2, 0.25) is 0 Å². The topological polar surface area (TPSA) is 53.6 Å². The predicted octanol–water partition coefficient (Wildman–Crippen LogP) is 1.73. The molecular weight excluding hydrogens is 176 g/mol. The lowest BCUT2D eigenvalue weighted by Gasteiger charge is -2.06. The molecule has 0 amide bonds. The first-order valence-corrected chi connectivity index (χ1v) is 4.49. The Morgan fingerprint density at radius 3 is 3.07 bits per heavy atom. The number of aromatic nitrogens is 3. The first-order chi connectivity index (χ1) is 6.86. The Balaban J connectivity index is 2.02. The molecule has 72 valence electrons. The number of imidazole rings is 1. The van der Waals surface area contributed by atoms with Gasteiger partial charge in [-0.1, -0.05) is 0 Å². The highest BCUT2D eigenvalue weighted by molar-refractivity contribution is 5.47. The number of H-pyrrole nitrogens is 1. The molecule has 0 saturated carbocycles. The van der Waals surface area contributed by atoms with Gasteiger partial charge in [-0.2, -0.15) is 0 Å². The summed E-state index contributed by atoms with van der Waals surface area (Å²) < 4.78 is 0. The van der Waals surface area contributed by atoms with E-state index >= 15 is 0 Å². The number of rotatable bonds is 3. The molecule has 0 aromatic carbocycles. The average Bonchev–Trinajstić information content (AvgIpc) is 2.69. The predicted molar refractivity (Wildman–Crippen MR) is 54.9 cm³/mol. The molecule has 0 aliphatic carbocycles. The third kappa shape index (κ3) is 1.90. The third-order valence-corrected chi connectivity index (χ3v) is 2.04. The lowest BCUT2D eigenvalue weighted by molar-refractivity contribution is 0.994. The van der Waals surface area contributed by atoms with Gasteiger partial charge in [0.05, 0.1) is 18.4 Å². The number of pyridine rings is 1. The van der Waals surface area contributed by atoms with Gasteiger partial charge in [0.25, 0.3) is 0 Å². The average molecular weight is 188 g/mol. The van der Waals surface area contributed by atoms with Crippen molar-refractivity contribution in [2.75, 3.05) is 5.32 Å². The highest BCUT2D eigenvalue weighted by Crippen LogP contribution is 2.11. The van der Waals surface area contributed by atoms with Crippen LogP contribution in [0.15, 0.2) is 30.9 Å². The van der Waals surface area contributed by atoms with Crippen molar-refractivity contribution in [1.82, 2.24) is 15.0 Å². The molecular formula is C10H12N4. The molecule has 0 aliphatic rings. The van der Waals surface area contributed by atoms with Gasteiger partial charge in [-0.3, -0.25) is 4.98 Å². The Labute approximate surface area is 82.4 Å². The van der Waals surface area contributed by atoms with Crippen LogP contribution in [0.4, 0.5) is 5.69 Å². The van der Waals surface area contributed by atoms with Crippen molar-refractivity contribution >= 4 is 5.69 Å². The first kappa shape index (κ1) is 8.74. The van der Waals surface area contributed by atoms with Gasteiger partial charge in [-0.25, -0.2) is 4.98 Å². The van der Waals surface area contributed by atoms with Gasteiger partial charge in [-0.15, -0.1) is 0 Å². The van der Waals surface area contributed by atoms with Gasteiger partial charge >= 0.3 is 0 Å². The molecule has 14 heavy (non-hydrogen) atoms. The van der Waals surface area contributed by atoms with Crippen molar-refractivity contribution in [3.63, 3.8) is 0 Å². The largest absolute Gasteiger partial charge is 0.376 e. The summed E-state index contributed by atoms with van der Waals surface area (Å²) in [6.45, 7) is 2.74. The van der Waals surface area contributed by atoms with E-state index in [0.29, 0.717) is 6.54 Å². The van der Waals surface area contributed by atoms with Crippen LogP contribution in [0, 0.1) is 6.92 Å². The quantitative estimate of drug-likeness (QED) is 0.771. The molecule has 0 radical (unpaired) electrons. The second kappa shape index (κ2) is 3.91. The zero-order chi connectivity index (χ0) is 9.80. The summed E-state index contributed by atoms with van der Waals surface area (Å²) in [5.74, 6) is 0.924. The van der Waals surface area contributed by atoms with E-state index in [9.17, 15) is 0 Å². The molecule has 0 spiro atoms. The normalized spacial score (nSPS) is 10.1. The Morgan fingerprint density at radius 1 is 1.43 bits per heavy atom. The highest BCUT2D eigenvalue weighted by atomic mass is 15.0. The maximum absolute atomic E-state index is 4.12. The Bertz CT molecular complexity index is 394. The van der Waals surface area contributed by atoms with Crippen LogP contribution in [0.1, 0.15) is 11.4 Å². The number of anilines is 1. The van der Waals surface area contributed by atoms with Crippen LogP contribution in [0.5, 0.6) is 0 Å². The molecule has 2 heterocycles. The van der Waals surface area contributed by atoms with E-state index in [4.69, 9.17) is 0 Å². The number of aromatic amines is 1. The molecule has 0 saturated heterocycles. The fourth-order valence-corrected chi connectivity index (χ4v) is 1.22. The van der Waals surface area contributed by atoms with E-state index in [1.54, 1.807) is 12.4 Å². The fraction of sp³-hybridized carbons (Fsp3) is 0.200. The summed E-state index contributed by atoms with van der Waals surface area (Å²) in [6.07, 6.45) is 7.16. The smallest absolute Gasteiger partial charge is 0.125 e. The van der Waals surface area contributed by atoms with Gasteiger partial charge < -0.3 is 10.3 Å². The summed E-state index contributed by atoms with van der Waals surface area (Å²) in [7, 11) is 0. The van der Waals surface area contributed by atoms with Gasteiger partial charge in [-0.05, 0) is 18.6 Å². The van der Waals surface area contributed by atoms with E-state index in [1.165, 1.54) is 5.56 Å². The van der Waals surface area contributed by atoms with Crippen LogP contribution in [0.3, 0.4) is 0 Å². The van der Waals surface area contributed by atoms with E-state index in [2.05, 4.69) is 20.3 Å². The molecule has 2 aromatic heterocycles. The molecule has 0 fully saturated rings. The molecule has 0 unspecified atom stereocenters. The summed E-state index contributed by atoms with van der Waals surface area (Å²) in [4.78, 5) is 11.2. The lowest BCUT2D eigenvalue weighted by Crippen LogP contribution is -2.02. The standard InChI is InChI=1S/C10H12N4/c1-8-2-3-11-6-9(8)14-7-10-12-4-5-13-10/h2-6,14H,7H2,1H3,(H,12,13). The lowest BCUT2D eigenvalue weighted by atomic mass is 10.2. The molecule has 4 heteroatoms. The minimum Gasteiger partial charge on any atom is -0.376 e. The van der Waals surface area contributed by atoms with Gasteiger partial charge in [0.1, 0.15) is 5.82 Å². The van der Waals surface area contributed by atoms with Crippen molar-refractivity contribution < 1.29 is 0 Å².